The zero-order valence-electron chi connectivity index (χ0n) is 11.1. The molecule has 0 amide bonds. The van der Waals surface area contributed by atoms with E-state index in [1.54, 1.807) is 19.6 Å². The molecular weight excluding hydrogens is 252 g/mol. The average molecular weight is 266 g/mol. The smallest absolute Gasteiger partial charge is 0.116 e. The Bertz CT molecular complexity index is 677. The first-order valence-corrected chi connectivity index (χ1v) is 6.27. The third kappa shape index (κ3) is 2.57. The summed E-state index contributed by atoms with van der Waals surface area (Å²) in [5, 5.41) is 4.20. The first kappa shape index (κ1) is 12.5. The van der Waals surface area contributed by atoms with Gasteiger partial charge in [0.15, 0.2) is 0 Å². The number of methoxy groups -OCH3 is 1. The van der Waals surface area contributed by atoms with Gasteiger partial charge in [0.2, 0.25) is 0 Å². The second-order valence-electron chi connectivity index (χ2n) is 4.33. The van der Waals surface area contributed by atoms with Gasteiger partial charge in [-0.1, -0.05) is 12.1 Å². The van der Waals surface area contributed by atoms with Gasteiger partial charge in [0, 0.05) is 25.1 Å². The molecule has 0 unspecified atom stereocenters. The van der Waals surface area contributed by atoms with Gasteiger partial charge in [-0.05, 0) is 24.3 Å². The molecule has 2 heterocycles. The van der Waals surface area contributed by atoms with Crippen LogP contribution in [0.25, 0.3) is 16.9 Å². The number of aromatic nitrogens is 4. The van der Waals surface area contributed by atoms with Crippen LogP contribution in [-0.4, -0.2) is 26.9 Å². The summed E-state index contributed by atoms with van der Waals surface area (Å²) in [5.41, 5.74) is 3.82. The molecule has 3 aromatic rings. The molecular formula is C15H14N4O. The zero-order chi connectivity index (χ0) is 13.8. The van der Waals surface area contributed by atoms with Crippen LogP contribution in [-0.2, 0) is 11.3 Å². The molecule has 0 spiro atoms. The largest absolute Gasteiger partial charge is 0.378 e. The molecule has 0 aliphatic heterocycles. The van der Waals surface area contributed by atoms with Gasteiger partial charge < -0.3 is 4.74 Å². The Labute approximate surface area is 116 Å². The van der Waals surface area contributed by atoms with Crippen molar-refractivity contribution < 1.29 is 4.74 Å². The second-order valence-corrected chi connectivity index (χ2v) is 4.33. The number of rotatable bonds is 4. The molecule has 0 atom stereocenters. The van der Waals surface area contributed by atoms with Crippen LogP contribution in [0.2, 0.25) is 0 Å². The lowest BCUT2D eigenvalue weighted by atomic mass is 10.1. The van der Waals surface area contributed by atoms with E-state index in [1.165, 1.54) is 0 Å². The van der Waals surface area contributed by atoms with Crippen LogP contribution in [0.3, 0.4) is 0 Å². The maximum atomic E-state index is 5.08. The lowest BCUT2D eigenvalue weighted by Gasteiger charge is -2.05. The lowest BCUT2D eigenvalue weighted by Crippen LogP contribution is -1.96. The molecule has 5 nitrogen and oxygen atoms in total. The van der Waals surface area contributed by atoms with Crippen LogP contribution in [0.15, 0.2) is 55.1 Å². The Morgan fingerprint density at radius 3 is 2.70 bits per heavy atom. The summed E-state index contributed by atoms with van der Waals surface area (Å²) in [6, 6.07) is 11.9. The van der Waals surface area contributed by atoms with Crippen molar-refractivity contribution >= 4 is 0 Å². The van der Waals surface area contributed by atoms with E-state index < -0.39 is 0 Å². The summed E-state index contributed by atoms with van der Waals surface area (Å²) < 4.78 is 6.90. The Kier molecular flexibility index (Phi) is 3.52. The summed E-state index contributed by atoms with van der Waals surface area (Å²) >= 11 is 0. The van der Waals surface area contributed by atoms with Gasteiger partial charge >= 0.3 is 0 Å². The minimum atomic E-state index is 0.487. The van der Waals surface area contributed by atoms with Crippen LogP contribution in [0.4, 0.5) is 0 Å². The predicted molar refractivity (Wildman–Crippen MR) is 75.3 cm³/mol. The van der Waals surface area contributed by atoms with E-state index in [0.717, 1.165) is 22.6 Å². The van der Waals surface area contributed by atoms with Crippen LogP contribution >= 0.6 is 0 Å². The third-order valence-electron chi connectivity index (χ3n) is 2.95. The van der Waals surface area contributed by atoms with Crippen molar-refractivity contribution in [1.82, 2.24) is 19.7 Å². The van der Waals surface area contributed by atoms with Crippen molar-refractivity contribution in [3.8, 4) is 16.9 Å². The summed E-state index contributed by atoms with van der Waals surface area (Å²) in [4.78, 5) is 8.46. The van der Waals surface area contributed by atoms with Gasteiger partial charge in [-0.15, -0.1) is 0 Å². The Hall–Kier alpha value is -2.53. The van der Waals surface area contributed by atoms with E-state index in [9.17, 15) is 0 Å². The first-order valence-electron chi connectivity index (χ1n) is 6.27. The molecule has 1 aromatic carbocycles. The van der Waals surface area contributed by atoms with Gasteiger partial charge in [-0.25, -0.2) is 14.6 Å². The average Bonchev–Trinajstić information content (AvgIpc) is 3.02. The van der Waals surface area contributed by atoms with Crippen LogP contribution < -0.4 is 0 Å². The highest BCUT2D eigenvalue weighted by molar-refractivity contribution is 5.60. The summed E-state index contributed by atoms with van der Waals surface area (Å²) in [6.07, 6.45) is 5.23. The number of hydrogen-bond donors (Lipinski definition) is 0. The molecule has 0 aliphatic rings. The van der Waals surface area contributed by atoms with Gasteiger partial charge in [-0.2, -0.15) is 5.10 Å². The topological polar surface area (TPSA) is 52.8 Å². The lowest BCUT2D eigenvalue weighted by molar-refractivity contribution is 0.181. The van der Waals surface area contributed by atoms with Gasteiger partial charge in [0.1, 0.15) is 6.33 Å². The normalized spacial score (nSPS) is 10.7. The Morgan fingerprint density at radius 1 is 1.15 bits per heavy atom. The maximum Gasteiger partial charge on any atom is 0.116 e. The molecule has 3 rings (SSSR count). The summed E-state index contributed by atoms with van der Waals surface area (Å²) in [6.45, 7) is 0.487. The SMILES string of the molecule is COCc1cc(-c2ccc(-n3cccn3)cc2)ncn1. The molecule has 0 radical (unpaired) electrons. The summed E-state index contributed by atoms with van der Waals surface area (Å²) in [7, 11) is 1.65. The fraction of sp³-hybridized carbons (Fsp3) is 0.133. The molecule has 100 valence electrons. The fourth-order valence-corrected chi connectivity index (χ4v) is 1.99. The minimum absolute atomic E-state index is 0.487. The monoisotopic (exact) mass is 266 g/mol. The van der Waals surface area contributed by atoms with E-state index >= 15 is 0 Å². The first-order chi connectivity index (χ1) is 9.86. The van der Waals surface area contributed by atoms with Crippen molar-refractivity contribution in [2.24, 2.45) is 0 Å². The second kappa shape index (κ2) is 5.63. The third-order valence-corrected chi connectivity index (χ3v) is 2.95. The molecule has 0 saturated carbocycles. The molecule has 2 aromatic heterocycles. The number of nitrogens with zero attached hydrogens (tertiary/aromatic N) is 4. The van der Waals surface area contributed by atoms with Crippen molar-refractivity contribution in [3.63, 3.8) is 0 Å². The molecule has 5 heteroatoms. The summed E-state index contributed by atoms with van der Waals surface area (Å²) in [5.74, 6) is 0. The number of benzene rings is 1. The van der Waals surface area contributed by atoms with Crippen LogP contribution in [0.1, 0.15) is 5.69 Å². The Morgan fingerprint density at radius 2 is 2.00 bits per heavy atom. The van der Waals surface area contributed by atoms with Crippen LogP contribution in [0.5, 0.6) is 0 Å². The highest BCUT2D eigenvalue weighted by Crippen LogP contribution is 2.19. The van der Waals surface area contributed by atoms with Gasteiger partial charge in [0.05, 0.1) is 23.7 Å². The molecule has 0 N–H and O–H groups in total. The van der Waals surface area contributed by atoms with Crippen molar-refractivity contribution in [3.05, 3.63) is 60.8 Å². The standard InChI is InChI=1S/C15H14N4O/c1-20-10-13-9-15(17-11-16-13)12-3-5-14(6-4-12)19-8-2-7-18-19/h2-9,11H,10H2,1H3. The Balaban J connectivity index is 1.89. The van der Waals surface area contributed by atoms with E-state index in [4.69, 9.17) is 4.74 Å². The quantitative estimate of drug-likeness (QED) is 0.728. The van der Waals surface area contributed by atoms with Crippen LogP contribution in [0, 0.1) is 0 Å². The molecule has 0 fully saturated rings. The maximum absolute atomic E-state index is 5.08. The molecule has 20 heavy (non-hydrogen) atoms. The number of hydrogen-bond acceptors (Lipinski definition) is 4. The van der Waals surface area contributed by atoms with E-state index in [0.29, 0.717) is 6.61 Å². The molecule has 0 bridgehead atoms. The minimum Gasteiger partial charge on any atom is -0.378 e. The molecule has 0 saturated heterocycles. The highest BCUT2D eigenvalue weighted by Gasteiger charge is 2.03. The van der Waals surface area contributed by atoms with Crippen molar-refractivity contribution in [1.29, 1.82) is 0 Å². The number of ether oxygens (including phenoxy) is 1. The van der Waals surface area contributed by atoms with E-state index in [1.807, 2.05) is 47.3 Å². The zero-order valence-corrected chi connectivity index (χ0v) is 11.1. The predicted octanol–water partition coefficient (Wildman–Crippen LogP) is 2.48. The van der Waals surface area contributed by atoms with Gasteiger partial charge in [-0.3, -0.25) is 0 Å². The van der Waals surface area contributed by atoms with E-state index in [-0.39, 0.29) is 0 Å². The molecule has 0 aliphatic carbocycles. The highest BCUT2D eigenvalue weighted by atomic mass is 16.5. The van der Waals surface area contributed by atoms with E-state index in [2.05, 4.69) is 15.1 Å². The van der Waals surface area contributed by atoms with Gasteiger partial charge in [0.25, 0.3) is 0 Å². The van der Waals surface area contributed by atoms with Crippen molar-refractivity contribution in [2.45, 2.75) is 6.61 Å². The fourth-order valence-electron chi connectivity index (χ4n) is 1.99. The van der Waals surface area contributed by atoms with Crippen molar-refractivity contribution in [2.75, 3.05) is 7.11 Å².